The number of halogens is 3. The average Bonchev–Trinajstić information content (AvgIpc) is 2.54. The zero-order valence-electron chi connectivity index (χ0n) is 13.1. The van der Waals surface area contributed by atoms with Gasteiger partial charge in [-0.05, 0) is 17.7 Å². The third kappa shape index (κ3) is 3.81. The van der Waals surface area contributed by atoms with Gasteiger partial charge in [-0.15, -0.1) is 0 Å². The number of carbonyl (C=O) groups is 1. The highest BCUT2D eigenvalue weighted by Crippen LogP contribution is 2.28. The highest BCUT2D eigenvalue weighted by Gasteiger charge is 2.19. The third-order valence-corrected chi connectivity index (χ3v) is 3.40. The van der Waals surface area contributed by atoms with E-state index in [9.17, 15) is 22.8 Å². The maximum atomic E-state index is 13.4. The second-order valence-corrected chi connectivity index (χ2v) is 5.23. The molecule has 1 atom stereocenters. The van der Waals surface area contributed by atoms with Crippen molar-refractivity contribution in [1.29, 1.82) is 0 Å². The van der Waals surface area contributed by atoms with E-state index < -0.39 is 42.3 Å². The minimum atomic E-state index is -0.831. The predicted octanol–water partition coefficient (Wildman–Crippen LogP) is 2.43. The van der Waals surface area contributed by atoms with E-state index in [1.165, 1.54) is 6.92 Å². The molecule has 0 bridgehead atoms. The number of hydrogen-bond donors (Lipinski definition) is 0. The van der Waals surface area contributed by atoms with E-state index in [1.807, 2.05) is 0 Å². The lowest BCUT2D eigenvalue weighted by Crippen LogP contribution is -2.29. The number of methoxy groups -OCH3 is 1. The van der Waals surface area contributed by atoms with Gasteiger partial charge in [0.25, 0.3) is 5.56 Å². The predicted molar refractivity (Wildman–Crippen MR) is 80.3 cm³/mol. The van der Waals surface area contributed by atoms with Crippen LogP contribution in [0.1, 0.15) is 18.5 Å². The van der Waals surface area contributed by atoms with Crippen molar-refractivity contribution in [2.24, 2.45) is 0 Å². The van der Waals surface area contributed by atoms with E-state index >= 15 is 0 Å². The van der Waals surface area contributed by atoms with Gasteiger partial charge >= 0.3 is 5.97 Å². The summed E-state index contributed by atoms with van der Waals surface area (Å²) in [7, 11) is 1.16. The quantitative estimate of drug-likeness (QED) is 0.785. The lowest BCUT2D eigenvalue weighted by Gasteiger charge is -2.15. The van der Waals surface area contributed by atoms with Gasteiger partial charge in [0, 0.05) is 23.6 Å². The Hall–Kier alpha value is -2.64. The Morgan fingerprint density at radius 1 is 1.25 bits per heavy atom. The first-order valence-electron chi connectivity index (χ1n) is 7.07. The van der Waals surface area contributed by atoms with Crippen LogP contribution in [0.2, 0.25) is 0 Å². The average molecular weight is 340 g/mol. The molecule has 0 N–H and O–H groups in total. The van der Waals surface area contributed by atoms with Gasteiger partial charge in [0.1, 0.15) is 18.2 Å². The molecule has 1 unspecified atom stereocenters. The molecule has 0 radical (unpaired) electrons. The van der Waals surface area contributed by atoms with Crippen molar-refractivity contribution >= 4 is 5.97 Å². The van der Waals surface area contributed by atoms with Crippen LogP contribution in [0, 0.1) is 11.6 Å². The summed E-state index contributed by atoms with van der Waals surface area (Å²) < 4.78 is 45.3. The number of carbonyl (C=O) groups excluding carboxylic acids is 1. The van der Waals surface area contributed by atoms with Crippen LogP contribution in [0.5, 0.6) is 0 Å². The van der Waals surface area contributed by atoms with Crippen molar-refractivity contribution in [1.82, 2.24) is 9.78 Å². The molecular weight excluding hydrogens is 325 g/mol. The van der Waals surface area contributed by atoms with Crippen LogP contribution in [0.3, 0.4) is 0 Å². The van der Waals surface area contributed by atoms with Crippen LogP contribution in [0.25, 0.3) is 11.1 Å². The highest BCUT2D eigenvalue weighted by atomic mass is 19.1. The van der Waals surface area contributed by atoms with Gasteiger partial charge < -0.3 is 4.74 Å². The van der Waals surface area contributed by atoms with Crippen molar-refractivity contribution in [3.8, 4) is 11.1 Å². The van der Waals surface area contributed by atoms with E-state index in [2.05, 4.69) is 9.84 Å². The summed E-state index contributed by atoms with van der Waals surface area (Å²) >= 11 is 0. The molecule has 8 heteroatoms. The molecule has 0 fully saturated rings. The van der Waals surface area contributed by atoms with E-state index in [0.717, 1.165) is 30.0 Å². The van der Waals surface area contributed by atoms with Crippen molar-refractivity contribution in [3.63, 3.8) is 0 Å². The molecule has 0 aliphatic rings. The zero-order chi connectivity index (χ0) is 17.9. The Labute approximate surface area is 135 Å². The SMILES string of the molecule is COC(=O)Cn1nc(C(C)CF)c(-c2cc(F)cc(F)c2)cc1=O. The Bertz CT molecular complexity index is 800. The van der Waals surface area contributed by atoms with E-state index in [4.69, 9.17) is 0 Å². The number of aromatic nitrogens is 2. The largest absolute Gasteiger partial charge is 0.468 e. The lowest BCUT2D eigenvalue weighted by molar-refractivity contribution is -0.141. The summed E-state index contributed by atoms with van der Waals surface area (Å²) in [5, 5.41) is 3.99. The molecule has 0 aliphatic carbocycles. The summed E-state index contributed by atoms with van der Waals surface area (Å²) in [6.45, 7) is 0.266. The summed E-state index contributed by atoms with van der Waals surface area (Å²) in [5.41, 5.74) is -0.372. The van der Waals surface area contributed by atoms with E-state index in [1.54, 1.807) is 0 Å². The molecule has 128 valence electrons. The molecule has 0 aliphatic heterocycles. The molecule has 0 saturated heterocycles. The van der Waals surface area contributed by atoms with E-state index in [0.29, 0.717) is 6.07 Å². The number of alkyl halides is 1. The molecule has 2 aromatic rings. The Balaban J connectivity index is 2.64. The summed E-state index contributed by atoms with van der Waals surface area (Å²) in [4.78, 5) is 23.4. The highest BCUT2D eigenvalue weighted by molar-refractivity contribution is 5.69. The van der Waals surface area contributed by atoms with Gasteiger partial charge in [0.15, 0.2) is 0 Å². The molecular formula is C16H15F3N2O3. The number of esters is 1. The van der Waals surface area contributed by atoms with Crippen molar-refractivity contribution in [3.05, 3.63) is 51.9 Å². The summed E-state index contributed by atoms with van der Waals surface area (Å²) in [5.74, 6) is -3.10. The number of hydrogen-bond acceptors (Lipinski definition) is 4. The minimum Gasteiger partial charge on any atom is -0.468 e. The number of benzene rings is 1. The fraction of sp³-hybridized carbons (Fsp3) is 0.312. The van der Waals surface area contributed by atoms with Crippen LogP contribution < -0.4 is 5.56 Å². The molecule has 0 spiro atoms. The van der Waals surface area contributed by atoms with Crippen molar-refractivity contribution in [2.45, 2.75) is 19.4 Å². The van der Waals surface area contributed by atoms with Gasteiger partial charge in [-0.2, -0.15) is 5.10 Å². The maximum Gasteiger partial charge on any atom is 0.327 e. The molecule has 5 nitrogen and oxygen atoms in total. The first-order chi connectivity index (χ1) is 11.3. The number of nitrogens with zero attached hydrogens (tertiary/aromatic N) is 2. The molecule has 0 saturated carbocycles. The number of ether oxygens (including phenoxy) is 1. The summed E-state index contributed by atoms with van der Waals surface area (Å²) in [6.07, 6.45) is 0. The van der Waals surface area contributed by atoms with Crippen LogP contribution in [0.4, 0.5) is 13.2 Å². The van der Waals surface area contributed by atoms with Gasteiger partial charge in [0.2, 0.25) is 0 Å². The second-order valence-electron chi connectivity index (χ2n) is 5.23. The molecule has 1 aromatic heterocycles. The topological polar surface area (TPSA) is 61.2 Å². The molecule has 2 rings (SSSR count). The van der Waals surface area contributed by atoms with Crippen LogP contribution in [-0.2, 0) is 16.1 Å². The van der Waals surface area contributed by atoms with Gasteiger partial charge in [-0.25, -0.2) is 13.5 Å². The minimum absolute atomic E-state index is 0.0672. The molecule has 0 amide bonds. The third-order valence-electron chi connectivity index (χ3n) is 3.40. The van der Waals surface area contributed by atoms with Crippen LogP contribution in [-0.4, -0.2) is 29.5 Å². The Kier molecular flexibility index (Phi) is 5.38. The molecule has 24 heavy (non-hydrogen) atoms. The van der Waals surface area contributed by atoms with Crippen molar-refractivity contribution in [2.75, 3.05) is 13.8 Å². The lowest BCUT2D eigenvalue weighted by atomic mass is 9.98. The standard InChI is InChI=1S/C16H15F3N2O3/c1-9(7-17)16-13(10-3-11(18)5-12(19)4-10)6-14(22)21(20-16)8-15(23)24-2/h3-6,9H,7-8H2,1-2H3. The Morgan fingerprint density at radius 3 is 2.42 bits per heavy atom. The fourth-order valence-electron chi connectivity index (χ4n) is 2.18. The van der Waals surface area contributed by atoms with Crippen LogP contribution in [0.15, 0.2) is 29.1 Å². The molecule has 1 aromatic carbocycles. The number of rotatable bonds is 5. The van der Waals surface area contributed by atoms with Crippen LogP contribution >= 0.6 is 0 Å². The maximum absolute atomic E-state index is 13.4. The summed E-state index contributed by atoms with van der Waals surface area (Å²) in [6, 6.07) is 3.82. The van der Waals surface area contributed by atoms with Gasteiger partial charge in [0.05, 0.1) is 19.5 Å². The fourth-order valence-corrected chi connectivity index (χ4v) is 2.18. The smallest absolute Gasteiger partial charge is 0.327 e. The zero-order valence-corrected chi connectivity index (χ0v) is 13.1. The first-order valence-corrected chi connectivity index (χ1v) is 7.07. The van der Waals surface area contributed by atoms with Crippen molar-refractivity contribution < 1.29 is 22.7 Å². The first kappa shape index (κ1) is 17.7. The normalized spacial score (nSPS) is 12.0. The van der Waals surface area contributed by atoms with Gasteiger partial charge in [-0.3, -0.25) is 14.0 Å². The monoisotopic (exact) mass is 340 g/mol. The Morgan fingerprint density at radius 2 is 1.88 bits per heavy atom. The second kappa shape index (κ2) is 7.29. The van der Waals surface area contributed by atoms with E-state index in [-0.39, 0.29) is 16.8 Å². The van der Waals surface area contributed by atoms with Gasteiger partial charge in [-0.1, -0.05) is 6.92 Å². The molecule has 1 heterocycles.